The Morgan fingerprint density at radius 3 is 2.83 bits per heavy atom. The van der Waals surface area contributed by atoms with Crippen LogP contribution in [-0.2, 0) is 17.8 Å². The van der Waals surface area contributed by atoms with Gasteiger partial charge < -0.3 is 15.1 Å². The first kappa shape index (κ1) is 20.8. The number of hydrogen-bond donors (Lipinski definition) is 1. The van der Waals surface area contributed by atoms with Gasteiger partial charge in [-0.1, -0.05) is 18.2 Å². The third kappa shape index (κ3) is 4.32. The molecule has 1 unspecified atom stereocenters. The van der Waals surface area contributed by atoms with Gasteiger partial charge in [-0.3, -0.25) is 9.69 Å². The van der Waals surface area contributed by atoms with Crippen LogP contribution >= 0.6 is 0 Å². The average molecular weight is 409 g/mol. The first-order chi connectivity index (χ1) is 14.6. The second kappa shape index (κ2) is 9.10. The van der Waals surface area contributed by atoms with Crippen molar-refractivity contribution < 1.29 is 4.79 Å². The monoisotopic (exact) mass is 408 g/mol. The maximum atomic E-state index is 13.3. The van der Waals surface area contributed by atoms with E-state index in [1.165, 1.54) is 5.56 Å². The van der Waals surface area contributed by atoms with Crippen LogP contribution in [0.5, 0.6) is 0 Å². The summed E-state index contributed by atoms with van der Waals surface area (Å²) in [4.78, 5) is 29.2. The van der Waals surface area contributed by atoms with Crippen LogP contribution in [0.1, 0.15) is 42.4 Å². The van der Waals surface area contributed by atoms with Gasteiger partial charge in [-0.2, -0.15) is 0 Å². The number of rotatable bonds is 6. The molecular weight excluding hydrogens is 376 g/mol. The molecule has 1 atom stereocenters. The number of aromatic nitrogens is 2. The van der Waals surface area contributed by atoms with Gasteiger partial charge in [-0.15, -0.1) is 0 Å². The summed E-state index contributed by atoms with van der Waals surface area (Å²) in [5.41, 5.74) is 3.33. The molecule has 7 heteroatoms. The third-order valence-electron chi connectivity index (χ3n) is 6.01. The molecule has 0 spiro atoms. The minimum Gasteiger partial charge on any atom is -0.363 e. The van der Waals surface area contributed by atoms with E-state index in [0.717, 1.165) is 61.8 Å². The second-order valence-corrected chi connectivity index (χ2v) is 8.41. The summed E-state index contributed by atoms with van der Waals surface area (Å²) in [6.07, 6.45) is 4.12. The van der Waals surface area contributed by atoms with Crippen molar-refractivity contribution >= 4 is 17.4 Å². The van der Waals surface area contributed by atoms with E-state index in [1.54, 1.807) is 0 Å². The van der Waals surface area contributed by atoms with Gasteiger partial charge in [-0.25, -0.2) is 9.97 Å². The lowest BCUT2D eigenvalue weighted by Crippen LogP contribution is -2.42. The number of benzene rings is 1. The van der Waals surface area contributed by atoms with E-state index in [9.17, 15) is 4.79 Å². The molecule has 1 aromatic carbocycles. The molecule has 0 saturated carbocycles. The molecule has 30 heavy (non-hydrogen) atoms. The molecule has 0 bridgehead atoms. The minimum absolute atomic E-state index is 0.0875. The first-order valence-electron chi connectivity index (χ1n) is 10.9. The Bertz CT molecular complexity index is 899. The number of hydrogen-bond acceptors (Lipinski definition) is 6. The summed E-state index contributed by atoms with van der Waals surface area (Å²) >= 11 is 0. The Morgan fingerprint density at radius 1 is 1.20 bits per heavy atom. The quantitative estimate of drug-likeness (QED) is 0.792. The summed E-state index contributed by atoms with van der Waals surface area (Å²) in [5.74, 6) is 1.91. The number of fused-ring (bicyclic) bond motifs is 1. The topological polar surface area (TPSA) is 64.6 Å². The van der Waals surface area contributed by atoms with Crippen LogP contribution in [0.25, 0.3) is 0 Å². The molecule has 2 aliphatic heterocycles. The van der Waals surface area contributed by atoms with Crippen LogP contribution in [0, 0.1) is 0 Å². The molecule has 1 N–H and O–H groups in total. The number of carbonyl (C=O) groups is 1. The van der Waals surface area contributed by atoms with Crippen molar-refractivity contribution in [2.24, 2.45) is 0 Å². The van der Waals surface area contributed by atoms with Crippen molar-refractivity contribution in [1.82, 2.24) is 20.2 Å². The fourth-order valence-electron chi connectivity index (χ4n) is 4.51. The molecule has 1 amide bonds. The van der Waals surface area contributed by atoms with Gasteiger partial charge in [0.15, 0.2) is 0 Å². The highest BCUT2D eigenvalue weighted by atomic mass is 16.2. The lowest BCUT2D eigenvalue weighted by Gasteiger charge is -2.32. The van der Waals surface area contributed by atoms with E-state index < -0.39 is 0 Å². The molecule has 1 aromatic heterocycles. The predicted molar refractivity (Wildman–Crippen MR) is 120 cm³/mol. The Morgan fingerprint density at radius 2 is 2.03 bits per heavy atom. The predicted octanol–water partition coefficient (Wildman–Crippen LogP) is 2.38. The molecule has 0 radical (unpaired) electrons. The second-order valence-electron chi connectivity index (χ2n) is 8.41. The van der Waals surface area contributed by atoms with Crippen molar-refractivity contribution in [2.45, 2.75) is 38.3 Å². The van der Waals surface area contributed by atoms with Crippen LogP contribution in [0.15, 0.2) is 30.3 Å². The van der Waals surface area contributed by atoms with E-state index >= 15 is 0 Å². The van der Waals surface area contributed by atoms with Gasteiger partial charge in [0, 0.05) is 38.9 Å². The minimum atomic E-state index is 0.0875. The van der Waals surface area contributed by atoms with Gasteiger partial charge >= 0.3 is 0 Å². The maximum absolute atomic E-state index is 13.3. The maximum Gasteiger partial charge on any atom is 0.241 e. The molecule has 0 aliphatic carbocycles. The Kier molecular flexibility index (Phi) is 6.29. The molecule has 2 aromatic rings. The SMILES string of the molecule is CNCc1cc(N(C)C)nc(C2CCCN2CC(=O)N2CCCc3ccccc32)n1. The van der Waals surface area contributed by atoms with Crippen LogP contribution in [-0.4, -0.2) is 61.6 Å². The largest absolute Gasteiger partial charge is 0.363 e. The molecule has 3 heterocycles. The number of para-hydroxylation sites is 1. The Balaban J connectivity index is 1.54. The highest BCUT2D eigenvalue weighted by molar-refractivity contribution is 5.96. The van der Waals surface area contributed by atoms with Crippen molar-refractivity contribution in [3.05, 3.63) is 47.4 Å². The lowest BCUT2D eigenvalue weighted by molar-refractivity contribution is -0.120. The standard InChI is InChI=1S/C23H32N6O/c1-24-15-18-14-21(27(2)3)26-23(25-18)20-11-7-12-28(20)16-22(30)29-13-6-9-17-8-4-5-10-19(17)29/h4-5,8,10,14,20,24H,6-7,9,11-13,15-16H2,1-3H3. The van der Waals surface area contributed by atoms with Crippen molar-refractivity contribution in [2.75, 3.05) is 50.6 Å². The highest BCUT2D eigenvalue weighted by Gasteiger charge is 2.32. The molecular formula is C23H32N6O. The number of aryl methyl sites for hydroxylation is 1. The van der Waals surface area contributed by atoms with Gasteiger partial charge in [0.25, 0.3) is 0 Å². The molecule has 2 aliphatic rings. The normalized spacial score (nSPS) is 19.0. The van der Waals surface area contributed by atoms with E-state index in [-0.39, 0.29) is 11.9 Å². The van der Waals surface area contributed by atoms with E-state index in [1.807, 2.05) is 43.1 Å². The average Bonchev–Trinajstić information content (AvgIpc) is 3.21. The van der Waals surface area contributed by atoms with Gasteiger partial charge in [-0.05, 0) is 50.9 Å². The summed E-state index contributed by atoms with van der Waals surface area (Å²) in [7, 11) is 5.92. The molecule has 4 rings (SSSR count). The van der Waals surface area contributed by atoms with Crippen molar-refractivity contribution in [3.8, 4) is 0 Å². The zero-order chi connectivity index (χ0) is 21.1. The third-order valence-corrected chi connectivity index (χ3v) is 6.01. The molecule has 7 nitrogen and oxygen atoms in total. The summed E-state index contributed by atoms with van der Waals surface area (Å²) < 4.78 is 0. The number of anilines is 2. The molecule has 160 valence electrons. The van der Waals surface area contributed by atoms with Gasteiger partial charge in [0.2, 0.25) is 5.91 Å². The van der Waals surface area contributed by atoms with Crippen LogP contribution in [0.4, 0.5) is 11.5 Å². The number of nitrogens with one attached hydrogen (secondary N) is 1. The Hall–Kier alpha value is -2.51. The van der Waals surface area contributed by atoms with E-state index in [4.69, 9.17) is 9.97 Å². The summed E-state index contributed by atoms with van der Waals surface area (Å²) in [5, 5.41) is 3.18. The number of amides is 1. The summed E-state index contributed by atoms with van der Waals surface area (Å²) in [6, 6.07) is 10.4. The van der Waals surface area contributed by atoms with Crippen molar-refractivity contribution in [3.63, 3.8) is 0 Å². The van der Waals surface area contributed by atoms with Crippen LogP contribution in [0.2, 0.25) is 0 Å². The van der Waals surface area contributed by atoms with Crippen LogP contribution in [0.3, 0.4) is 0 Å². The number of likely N-dealkylation sites (tertiary alicyclic amines) is 1. The lowest BCUT2D eigenvalue weighted by atomic mass is 10.0. The zero-order valence-corrected chi connectivity index (χ0v) is 18.3. The van der Waals surface area contributed by atoms with Crippen molar-refractivity contribution in [1.29, 1.82) is 0 Å². The zero-order valence-electron chi connectivity index (χ0n) is 18.3. The Labute approximate surface area is 179 Å². The van der Waals surface area contributed by atoms with E-state index in [2.05, 4.69) is 28.4 Å². The smallest absolute Gasteiger partial charge is 0.241 e. The fraction of sp³-hybridized carbons (Fsp3) is 0.522. The van der Waals surface area contributed by atoms with Gasteiger partial charge in [0.05, 0.1) is 18.3 Å². The fourth-order valence-corrected chi connectivity index (χ4v) is 4.51. The van der Waals surface area contributed by atoms with E-state index in [0.29, 0.717) is 13.1 Å². The number of carbonyl (C=O) groups excluding carboxylic acids is 1. The molecule has 1 fully saturated rings. The molecule has 1 saturated heterocycles. The van der Waals surface area contributed by atoms with Gasteiger partial charge in [0.1, 0.15) is 11.6 Å². The first-order valence-corrected chi connectivity index (χ1v) is 10.9. The summed E-state index contributed by atoms with van der Waals surface area (Å²) in [6.45, 7) is 2.82. The van der Waals surface area contributed by atoms with Crippen LogP contribution < -0.4 is 15.1 Å². The highest BCUT2D eigenvalue weighted by Crippen LogP contribution is 2.32. The number of nitrogens with zero attached hydrogens (tertiary/aromatic N) is 5.